The van der Waals surface area contributed by atoms with E-state index in [9.17, 15) is 4.79 Å². The Morgan fingerprint density at radius 2 is 1.83 bits per heavy atom. The number of nitrogens with zero attached hydrogens (tertiary/aromatic N) is 4. The predicted octanol–water partition coefficient (Wildman–Crippen LogP) is 5.81. The van der Waals surface area contributed by atoms with Crippen molar-refractivity contribution in [3.8, 4) is 0 Å². The van der Waals surface area contributed by atoms with Gasteiger partial charge >= 0.3 is 5.97 Å². The first-order valence-corrected chi connectivity index (χ1v) is 12.1. The Labute approximate surface area is 208 Å². The van der Waals surface area contributed by atoms with Crippen LogP contribution in [0.1, 0.15) is 36.1 Å². The molecule has 174 valence electrons. The van der Waals surface area contributed by atoms with E-state index in [1.807, 2.05) is 53.4 Å². The lowest BCUT2D eigenvalue weighted by Gasteiger charge is -2.38. The highest BCUT2D eigenvalue weighted by atomic mass is 35.5. The molecule has 0 N–H and O–H groups in total. The minimum Gasteiger partial charge on any atom is -0.460 e. The zero-order valence-electron chi connectivity index (χ0n) is 19.2. The molecule has 2 aliphatic heterocycles. The molecule has 6 rings (SSSR count). The van der Waals surface area contributed by atoms with Gasteiger partial charge in [-0.15, -0.1) is 5.10 Å². The number of hydrogen-bond donors (Lipinski definition) is 0. The number of amidine groups is 1. The maximum absolute atomic E-state index is 13.2. The quantitative estimate of drug-likeness (QED) is 0.440. The topological polar surface area (TPSA) is 57.5 Å². The van der Waals surface area contributed by atoms with Gasteiger partial charge in [0.05, 0.1) is 24.0 Å². The highest BCUT2D eigenvalue weighted by molar-refractivity contribution is 6.42. The second-order valence-corrected chi connectivity index (χ2v) is 9.00. The highest BCUT2D eigenvalue weighted by Gasteiger charge is 2.46. The summed E-state index contributed by atoms with van der Waals surface area (Å²) in [5.74, 6) is 0.287. The largest absolute Gasteiger partial charge is 0.460 e. The summed E-state index contributed by atoms with van der Waals surface area (Å²) in [6.07, 6.45) is 1.76. The van der Waals surface area contributed by atoms with Gasteiger partial charge in [-0.2, -0.15) is 5.01 Å². The van der Waals surface area contributed by atoms with Gasteiger partial charge in [-0.1, -0.05) is 72.3 Å². The van der Waals surface area contributed by atoms with Crippen molar-refractivity contribution in [2.75, 3.05) is 11.6 Å². The number of halogens is 1. The normalized spacial score (nSPS) is 18.4. The van der Waals surface area contributed by atoms with Crippen molar-refractivity contribution >= 4 is 40.7 Å². The number of hydrazone groups is 1. The average Bonchev–Trinajstić information content (AvgIpc) is 3.27. The second kappa shape index (κ2) is 8.71. The standard InChI is InChI=1S/C28H23ClN4O2/c1-2-35-27(34)26-31-33(21-13-8-12-20(29)17-21)28-30-24-22-14-7-6-9-18(22)15-16-23(24)25(32(26)28)19-10-4-3-5-11-19/h3-14,17,25H,2,15-16H2,1H3. The van der Waals surface area contributed by atoms with Gasteiger partial charge in [0, 0.05) is 10.6 Å². The number of ether oxygens (including phenoxy) is 1. The van der Waals surface area contributed by atoms with Crippen LogP contribution in [-0.4, -0.2) is 29.3 Å². The van der Waals surface area contributed by atoms with Crippen LogP contribution < -0.4 is 5.01 Å². The number of carbonyl (C=O) groups excluding carboxylic acids is 1. The highest BCUT2D eigenvalue weighted by Crippen LogP contribution is 2.46. The third kappa shape index (κ3) is 3.61. The fourth-order valence-corrected chi connectivity index (χ4v) is 5.19. The Balaban J connectivity index is 1.59. The molecule has 0 aromatic heterocycles. The minimum absolute atomic E-state index is 0.213. The molecule has 7 heteroatoms. The first-order chi connectivity index (χ1) is 17.2. The number of aliphatic imine (C=N–C) groups is 1. The van der Waals surface area contributed by atoms with Gasteiger partial charge in [0.1, 0.15) is 0 Å². The summed E-state index contributed by atoms with van der Waals surface area (Å²) in [6.45, 7) is 2.05. The molecule has 3 aromatic carbocycles. The van der Waals surface area contributed by atoms with E-state index in [4.69, 9.17) is 26.4 Å². The number of hydrogen-bond acceptors (Lipinski definition) is 6. The molecule has 0 amide bonds. The van der Waals surface area contributed by atoms with E-state index in [1.54, 1.807) is 11.9 Å². The van der Waals surface area contributed by atoms with E-state index < -0.39 is 5.97 Å². The van der Waals surface area contributed by atoms with E-state index in [0.717, 1.165) is 35.4 Å². The molecule has 6 nitrogen and oxygen atoms in total. The molecule has 0 saturated heterocycles. The van der Waals surface area contributed by atoms with Crippen LogP contribution >= 0.6 is 11.6 Å². The SMILES string of the molecule is CCOC(=O)C1=NN(c2cccc(Cl)c2)C2=NC3=C(CCc4ccccc43)C(c3ccccc3)N12. The zero-order valence-corrected chi connectivity index (χ0v) is 19.9. The molecule has 1 aliphatic carbocycles. The molecule has 0 spiro atoms. The van der Waals surface area contributed by atoms with E-state index in [-0.39, 0.29) is 18.5 Å². The number of benzene rings is 3. The third-order valence-electron chi connectivity index (χ3n) is 6.49. The van der Waals surface area contributed by atoms with Gasteiger partial charge in [0.25, 0.3) is 0 Å². The van der Waals surface area contributed by atoms with Crippen LogP contribution in [-0.2, 0) is 16.0 Å². The second-order valence-electron chi connectivity index (χ2n) is 8.56. The lowest BCUT2D eigenvalue weighted by Crippen LogP contribution is -2.46. The average molecular weight is 483 g/mol. The fourth-order valence-electron chi connectivity index (χ4n) is 5.01. The fraction of sp³-hybridized carbons (Fsp3) is 0.179. The molecule has 0 fully saturated rings. The van der Waals surface area contributed by atoms with Gasteiger partial charge in [-0.05, 0) is 54.7 Å². The van der Waals surface area contributed by atoms with E-state index in [0.29, 0.717) is 11.0 Å². The van der Waals surface area contributed by atoms with Crippen LogP contribution in [0.2, 0.25) is 5.02 Å². The molecule has 1 atom stereocenters. The van der Waals surface area contributed by atoms with Crippen molar-refractivity contribution in [2.24, 2.45) is 10.1 Å². The van der Waals surface area contributed by atoms with Crippen molar-refractivity contribution in [1.82, 2.24) is 4.90 Å². The van der Waals surface area contributed by atoms with Gasteiger partial charge < -0.3 is 4.74 Å². The summed E-state index contributed by atoms with van der Waals surface area (Å²) in [5.41, 5.74) is 6.30. The lowest BCUT2D eigenvalue weighted by molar-refractivity contribution is -0.135. The van der Waals surface area contributed by atoms with E-state index in [1.165, 1.54) is 11.1 Å². The molecule has 0 saturated carbocycles. The lowest BCUT2D eigenvalue weighted by atomic mass is 9.82. The molecule has 3 aliphatic rings. The van der Waals surface area contributed by atoms with Crippen LogP contribution in [0.4, 0.5) is 5.69 Å². The summed E-state index contributed by atoms with van der Waals surface area (Å²) in [4.78, 5) is 20.2. The smallest absolute Gasteiger partial charge is 0.376 e. The van der Waals surface area contributed by atoms with E-state index in [2.05, 4.69) is 30.3 Å². The Hall–Kier alpha value is -3.90. The number of esters is 1. The van der Waals surface area contributed by atoms with Crippen molar-refractivity contribution in [3.63, 3.8) is 0 Å². The maximum atomic E-state index is 13.2. The molecule has 3 aromatic rings. The van der Waals surface area contributed by atoms with Crippen molar-refractivity contribution < 1.29 is 9.53 Å². The Kier molecular flexibility index (Phi) is 5.38. The van der Waals surface area contributed by atoms with Gasteiger partial charge in [-0.3, -0.25) is 4.90 Å². The Morgan fingerprint density at radius 1 is 1.03 bits per heavy atom. The molecule has 0 radical (unpaired) electrons. The molecule has 35 heavy (non-hydrogen) atoms. The van der Waals surface area contributed by atoms with Crippen LogP contribution in [0.25, 0.3) is 5.70 Å². The number of fused-ring (bicyclic) bond motifs is 3. The number of aryl methyl sites for hydroxylation is 1. The zero-order chi connectivity index (χ0) is 23.9. The molecule has 0 bridgehead atoms. The number of guanidine groups is 1. The van der Waals surface area contributed by atoms with Gasteiger partial charge in [0.2, 0.25) is 11.8 Å². The van der Waals surface area contributed by atoms with Crippen LogP contribution in [0.3, 0.4) is 0 Å². The number of anilines is 1. The molecular weight excluding hydrogens is 460 g/mol. The van der Waals surface area contributed by atoms with E-state index >= 15 is 0 Å². The summed E-state index contributed by atoms with van der Waals surface area (Å²) in [7, 11) is 0. The molecular formula is C28H23ClN4O2. The van der Waals surface area contributed by atoms with Crippen molar-refractivity contribution in [2.45, 2.75) is 25.8 Å². The minimum atomic E-state index is -0.481. The van der Waals surface area contributed by atoms with Crippen LogP contribution in [0.5, 0.6) is 0 Å². The first-order valence-electron chi connectivity index (χ1n) is 11.7. The monoisotopic (exact) mass is 482 g/mol. The maximum Gasteiger partial charge on any atom is 0.376 e. The molecule has 2 heterocycles. The Morgan fingerprint density at radius 3 is 2.63 bits per heavy atom. The Bertz CT molecular complexity index is 1410. The van der Waals surface area contributed by atoms with Gasteiger partial charge in [-0.25, -0.2) is 9.79 Å². The third-order valence-corrected chi connectivity index (χ3v) is 6.73. The predicted molar refractivity (Wildman–Crippen MR) is 138 cm³/mol. The van der Waals surface area contributed by atoms with Gasteiger partial charge in [0.15, 0.2) is 0 Å². The summed E-state index contributed by atoms with van der Waals surface area (Å²) < 4.78 is 5.42. The molecule has 1 unspecified atom stereocenters. The summed E-state index contributed by atoms with van der Waals surface area (Å²) in [5, 5.41) is 7.00. The summed E-state index contributed by atoms with van der Waals surface area (Å²) >= 11 is 6.32. The number of rotatable bonds is 4. The van der Waals surface area contributed by atoms with Crippen LogP contribution in [0, 0.1) is 0 Å². The van der Waals surface area contributed by atoms with Crippen molar-refractivity contribution in [1.29, 1.82) is 0 Å². The van der Waals surface area contributed by atoms with Crippen LogP contribution in [0.15, 0.2) is 94.5 Å². The summed E-state index contributed by atoms with van der Waals surface area (Å²) in [6, 6.07) is 25.7. The first kappa shape index (κ1) is 21.6. The number of carbonyl (C=O) groups is 1. The van der Waals surface area contributed by atoms with Crippen molar-refractivity contribution in [3.05, 3.63) is 106 Å².